The van der Waals surface area contributed by atoms with Crippen molar-refractivity contribution in [3.8, 4) is 0 Å². The average molecular weight is 1460 g/mol. The van der Waals surface area contributed by atoms with Gasteiger partial charge in [-0.05, 0) is 398 Å². The molecule has 0 aromatic heterocycles. The van der Waals surface area contributed by atoms with Crippen molar-refractivity contribution in [1.82, 2.24) is 0 Å². The Labute approximate surface area is 641 Å². The third kappa shape index (κ3) is 15.1. The molecule has 0 N–H and O–H groups in total. The molecule has 25 rings (SSSR count). The van der Waals surface area contributed by atoms with E-state index in [1.54, 1.807) is 12.8 Å². The standard InChI is InChI=1S/C17H32.C15H26O.C15H26.C14H22F2.2C13H21Cl.C10H18/c1-5-6-7-8-16-9-12-17(13-10-16,14-11-16)15(2,3)4;1-11(2)14-6-12-5-13(3,8-14)9-15(7-12,10-14)16-4;1-11(2)15-7-12-5-13(3,9-15)8-14(4,6-12)10-15;1-12(2,3)13-6-9-4-10(7-13)14(15,16)11(5-9)8-13;1-9(2)12-4-10-3-11(5-12)7-13(14,6-10)8-12;1-8(2)12-11-4-9-3-10(5-11)7-13(12,14)6-9;1-8(2)10-6-4-3-5-9(10)7-10/h5-14H2,1-4H3;11-12H,5-10H2,1-4H3;11-12H,5-10H2,1-4H3;9-11H,4-8H2,1-3H3;9-11H,3-8H2,1-2H3;8-12H,3-7H2,1-2H3;8-9H,3-7H2,1-2H3. The van der Waals surface area contributed by atoms with Crippen LogP contribution in [-0.2, 0) is 4.74 Å². The molecule has 0 spiro atoms. The van der Waals surface area contributed by atoms with Crippen LogP contribution in [0.2, 0.25) is 0 Å². The van der Waals surface area contributed by atoms with Crippen LogP contribution in [0.15, 0.2) is 0 Å². The van der Waals surface area contributed by atoms with Gasteiger partial charge in [0.15, 0.2) is 0 Å². The van der Waals surface area contributed by atoms with Gasteiger partial charge in [-0.3, -0.25) is 0 Å². The molecule has 25 aliphatic carbocycles. The molecule has 0 amide bonds. The lowest BCUT2D eigenvalue weighted by molar-refractivity contribution is -0.246. The predicted molar refractivity (Wildman–Crippen MR) is 432 cm³/mol. The summed E-state index contributed by atoms with van der Waals surface area (Å²) in [5, 5.41) is 0. The summed E-state index contributed by atoms with van der Waals surface area (Å²) in [6.07, 6.45) is 60.1. The Balaban J connectivity index is 0.000000107. The van der Waals surface area contributed by atoms with Crippen molar-refractivity contribution in [3.05, 3.63) is 0 Å². The van der Waals surface area contributed by atoms with E-state index in [9.17, 15) is 8.78 Å². The molecule has 22 bridgehead atoms. The van der Waals surface area contributed by atoms with E-state index in [0.717, 1.165) is 125 Å². The quantitative estimate of drug-likeness (QED) is 0.156. The molecule has 0 aromatic carbocycles. The summed E-state index contributed by atoms with van der Waals surface area (Å²) < 4.78 is 34.1. The Kier molecular flexibility index (Phi) is 22.0. The highest BCUT2D eigenvalue weighted by Gasteiger charge is 2.68. The summed E-state index contributed by atoms with van der Waals surface area (Å²) in [6.45, 7) is 48.3. The van der Waals surface area contributed by atoms with E-state index < -0.39 is 5.92 Å². The molecule has 0 aliphatic heterocycles. The number of ether oxygens (including phenoxy) is 1. The van der Waals surface area contributed by atoms with Gasteiger partial charge in [0.1, 0.15) is 0 Å². The molecule has 0 heterocycles. The van der Waals surface area contributed by atoms with E-state index in [1.807, 2.05) is 7.11 Å². The minimum Gasteiger partial charge on any atom is -0.378 e. The van der Waals surface area contributed by atoms with Gasteiger partial charge in [0, 0.05) is 28.7 Å². The van der Waals surface area contributed by atoms with Crippen LogP contribution < -0.4 is 0 Å². The molecule has 15 unspecified atom stereocenters. The maximum atomic E-state index is 14.1. The van der Waals surface area contributed by atoms with Crippen LogP contribution in [0.25, 0.3) is 0 Å². The first-order valence-corrected chi connectivity index (χ1v) is 46.4. The Morgan fingerprint density at radius 1 is 0.422 bits per heavy atom. The van der Waals surface area contributed by atoms with E-state index in [-0.39, 0.29) is 38.0 Å². The highest BCUT2D eigenvalue weighted by atomic mass is 35.5. The molecule has 25 aliphatic rings. The van der Waals surface area contributed by atoms with Gasteiger partial charge in [0.05, 0.1) is 5.60 Å². The van der Waals surface area contributed by atoms with Crippen LogP contribution in [-0.4, -0.2) is 28.4 Å². The summed E-state index contributed by atoms with van der Waals surface area (Å²) in [4.78, 5) is 0.428. The number of hydrogen-bond acceptors (Lipinski definition) is 1. The first-order valence-electron chi connectivity index (χ1n) is 45.6. The SMILES string of the molecule is CC(C)(C)C12CC3CC(C1)C(F)(F)C(C3)C2.CC(C)C12CC3CC(C)(CC(C)(C3)C1)C2.CC(C)C12CC3CC(CC(Cl)(C3)C1)C2.CC(C)C12CCCCC1C2.CC(C)C1C2CC3CC(C2)CC1(Cl)C3.CCCCCC12CCC(C(C)(C)C)(CC1)CC2.COC12CC3CC(C)(C1)CC(C(C)C)(C3)C2. The normalized spacial score (nSPS) is 50.9. The van der Waals surface area contributed by atoms with Crippen molar-refractivity contribution >= 4 is 23.2 Å². The van der Waals surface area contributed by atoms with Crippen LogP contribution >= 0.6 is 23.2 Å². The zero-order valence-electron chi connectivity index (χ0n) is 71.1. The maximum absolute atomic E-state index is 14.1. The fourth-order valence-corrected chi connectivity index (χ4v) is 35.8. The minimum absolute atomic E-state index is 0.194. The van der Waals surface area contributed by atoms with Crippen molar-refractivity contribution in [2.45, 2.75) is 436 Å². The monoisotopic (exact) mass is 1460 g/mol. The Bertz CT molecular complexity index is 2790. The predicted octanol–water partition coefficient (Wildman–Crippen LogP) is 30.6. The first-order chi connectivity index (χ1) is 47.3. The van der Waals surface area contributed by atoms with Crippen molar-refractivity contribution in [3.63, 3.8) is 0 Å². The third-order valence-corrected chi connectivity index (χ3v) is 39.2. The van der Waals surface area contributed by atoms with Crippen LogP contribution in [0.4, 0.5) is 8.78 Å². The molecular weight excluding hydrogens is 1290 g/mol. The average Bonchev–Trinajstić information content (AvgIpc) is 1.57. The van der Waals surface area contributed by atoms with Gasteiger partial charge in [-0.2, -0.15) is 0 Å². The topological polar surface area (TPSA) is 9.23 Å². The lowest BCUT2D eigenvalue weighted by atomic mass is 9.38. The molecule has 0 aromatic rings. The molecule has 588 valence electrons. The summed E-state index contributed by atoms with van der Waals surface area (Å²) in [7, 11) is 1.95. The van der Waals surface area contributed by atoms with E-state index in [2.05, 4.69) is 138 Å². The molecular formula is C97H166Cl2F2O. The second-order valence-corrected chi connectivity index (χ2v) is 50.5. The number of fused-ring (bicyclic) bond motifs is 4. The number of unbranched alkanes of at least 4 members (excludes halogenated alkanes) is 2. The number of rotatable bonds is 10. The summed E-state index contributed by atoms with van der Waals surface area (Å²) in [6, 6.07) is 0. The molecule has 25 saturated carbocycles. The lowest BCUT2D eigenvalue weighted by Crippen LogP contribution is -2.61. The molecule has 0 radical (unpaired) electrons. The number of alkyl halides is 4. The smallest absolute Gasteiger partial charge is 0.253 e. The van der Waals surface area contributed by atoms with Crippen LogP contribution in [0.3, 0.4) is 0 Å². The second-order valence-electron chi connectivity index (χ2n) is 49.0. The third-order valence-electron chi connectivity index (χ3n) is 38.2. The largest absolute Gasteiger partial charge is 0.378 e. The first kappa shape index (κ1) is 80.4. The van der Waals surface area contributed by atoms with E-state index in [1.165, 1.54) is 238 Å². The zero-order chi connectivity index (χ0) is 73.9. The molecule has 25 fully saturated rings. The van der Waals surface area contributed by atoms with Crippen molar-refractivity contribution in [2.75, 3.05) is 7.11 Å². The van der Waals surface area contributed by atoms with Crippen molar-refractivity contribution in [1.29, 1.82) is 0 Å². The highest BCUT2D eigenvalue weighted by molar-refractivity contribution is 6.24. The Morgan fingerprint density at radius 2 is 0.902 bits per heavy atom. The van der Waals surface area contributed by atoms with Gasteiger partial charge < -0.3 is 4.74 Å². The van der Waals surface area contributed by atoms with E-state index in [0.29, 0.717) is 43.8 Å². The van der Waals surface area contributed by atoms with E-state index >= 15 is 0 Å². The van der Waals surface area contributed by atoms with E-state index in [4.69, 9.17) is 27.9 Å². The molecule has 1 nitrogen and oxygen atoms in total. The number of halogens is 4. The molecule has 102 heavy (non-hydrogen) atoms. The van der Waals surface area contributed by atoms with Gasteiger partial charge in [0.2, 0.25) is 0 Å². The van der Waals surface area contributed by atoms with Crippen molar-refractivity contribution in [2.24, 2.45) is 166 Å². The van der Waals surface area contributed by atoms with Crippen LogP contribution in [0.5, 0.6) is 0 Å². The summed E-state index contributed by atoms with van der Waals surface area (Å²) >= 11 is 13.7. The second kappa shape index (κ2) is 27.9. The van der Waals surface area contributed by atoms with Crippen LogP contribution in [0.1, 0.15) is 415 Å². The van der Waals surface area contributed by atoms with Crippen LogP contribution in [0, 0.1) is 166 Å². The van der Waals surface area contributed by atoms with Gasteiger partial charge in [-0.25, -0.2) is 8.78 Å². The number of methoxy groups -OCH3 is 1. The van der Waals surface area contributed by atoms with Gasteiger partial charge in [-0.15, -0.1) is 23.2 Å². The fraction of sp³-hybridized carbons (Fsp3) is 1.00. The minimum atomic E-state index is -2.36. The van der Waals surface area contributed by atoms with Gasteiger partial charge in [0.25, 0.3) is 5.92 Å². The Morgan fingerprint density at radius 3 is 1.32 bits per heavy atom. The highest BCUT2D eigenvalue weighted by Crippen LogP contribution is 2.75. The lowest BCUT2D eigenvalue weighted by Gasteiger charge is -2.67. The van der Waals surface area contributed by atoms with Gasteiger partial charge >= 0.3 is 0 Å². The molecule has 0 saturated heterocycles. The summed E-state index contributed by atoms with van der Waals surface area (Å²) in [5.41, 5.74) is 7.46. The maximum Gasteiger partial charge on any atom is 0.253 e. The van der Waals surface area contributed by atoms with Gasteiger partial charge in [-0.1, -0.05) is 171 Å². The number of hydrogen-bond donors (Lipinski definition) is 0. The fourth-order valence-electron chi connectivity index (χ4n) is 34.2. The Hall–Kier alpha value is 0.400. The molecule has 15 atom stereocenters. The zero-order valence-corrected chi connectivity index (χ0v) is 72.7. The van der Waals surface area contributed by atoms with Crippen molar-refractivity contribution < 1.29 is 13.5 Å². The molecule has 5 heteroatoms. The summed E-state index contributed by atoms with van der Waals surface area (Å²) in [5.74, 6) is 10.8.